The van der Waals surface area contributed by atoms with Gasteiger partial charge in [0, 0.05) is 16.7 Å². The maximum atomic E-state index is 11.8. The van der Waals surface area contributed by atoms with Crippen LogP contribution in [-0.4, -0.2) is 5.91 Å². The molecular formula is C15H15BrN2O. The van der Waals surface area contributed by atoms with Crippen molar-refractivity contribution in [3.63, 3.8) is 0 Å². The van der Waals surface area contributed by atoms with Crippen LogP contribution in [0.3, 0.4) is 0 Å². The first-order chi connectivity index (χ1) is 9.13. The van der Waals surface area contributed by atoms with Crippen molar-refractivity contribution >= 4 is 27.5 Å². The molecule has 1 amide bonds. The second-order valence-corrected chi connectivity index (χ2v) is 5.24. The highest BCUT2D eigenvalue weighted by atomic mass is 79.9. The van der Waals surface area contributed by atoms with Gasteiger partial charge in [-0.05, 0) is 35.4 Å². The number of carbonyl (C=O) groups excluding carboxylic acids is 1. The normalized spacial score (nSPS) is 10.2. The van der Waals surface area contributed by atoms with Crippen molar-refractivity contribution in [2.45, 2.75) is 13.0 Å². The number of carbonyl (C=O) groups is 1. The maximum absolute atomic E-state index is 11.8. The van der Waals surface area contributed by atoms with Crippen LogP contribution in [0.15, 0.2) is 53.0 Å². The molecule has 98 valence electrons. The fraction of sp³-hybridized carbons (Fsp3) is 0.133. The largest absolute Gasteiger partial charge is 0.399 e. The topological polar surface area (TPSA) is 55.1 Å². The highest BCUT2D eigenvalue weighted by Crippen LogP contribution is 2.11. The van der Waals surface area contributed by atoms with Crippen molar-refractivity contribution in [3.05, 3.63) is 64.1 Å². The molecule has 2 aromatic carbocycles. The summed E-state index contributed by atoms with van der Waals surface area (Å²) < 4.78 is 1.01. The molecule has 0 spiro atoms. The number of nitrogen functional groups attached to an aromatic ring is 1. The summed E-state index contributed by atoms with van der Waals surface area (Å²) in [4.78, 5) is 11.8. The van der Waals surface area contributed by atoms with Crippen molar-refractivity contribution in [1.82, 2.24) is 5.32 Å². The number of hydrogen-bond donors (Lipinski definition) is 2. The third-order valence-corrected chi connectivity index (χ3v) is 3.28. The Balaban J connectivity index is 1.84. The van der Waals surface area contributed by atoms with Gasteiger partial charge in [-0.1, -0.05) is 40.2 Å². The molecule has 0 aromatic heterocycles. The number of rotatable bonds is 4. The van der Waals surface area contributed by atoms with E-state index in [0.29, 0.717) is 13.0 Å². The lowest BCUT2D eigenvalue weighted by Crippen LogP contribution is -2.24. The van der Waals surface area contributed by atoms with Crippen LogP contribution in [0.2, 0.25) is 0 Å². The van der Waals surface area contributed by atoms with Gasteiger partial charge in [-0.25, -0.2) is 0 Å². The van der Waals surface area contributed by atoms with Crippen LogP contribution >= 0.6 is 15.9 Å². The fourth-order valence-electron chi connectivity index (χ4n) is 1.69. The number of nitrogens with one attached hydrogen (secondary N) is 1. The summed E-state index contributed by atoms with van der Waals surface area (Å²) in [6.07, 6.45) is 0.391. The molecule has 0 saturated heterocycles. The van der Waals surface area contributed by atoms with Crippen molar-refractivity contribution in [1.29, 1.82) is 0 Å². The van der Waals surface area contributed by atoms with E-state index in [-0.39, 0.29) is 5.91 Å². The summed E-state index contributed by atoms with van der Waals surface area (Å²) in [7, 11) is 0. The van der Waals surface area contributed by atoms with Gasteiger partial charge in [0.15, 0.2) is 0 Å². The average Bonchev–Trinajstić information content (AvgIpc) is 2.41. The second-order valence-electron chi connectivity index (χ2n) is 4.32. The lowest BCUT2D eigenvalue weighted by Gasteiger charge is -2.06. The minimum absolute atomic E-state index is 0.0131. The lowest BCUT2D eigenvalue weighted by atomic mass is 10.1. The van der Waals surface area contributed by atoms with E-state index < -0.39 is 0 Å². The van der Waals surface area contributed by atoms with Gasteiger partial charge in [-0.15, -0.1) is 0 Å². The van der Waals surface area contributed by atoms with E-state index in [9.17, 15) is 4.79 Å². The van der Waals surface area contributed by atoms with E-state index in [0.717, 1.165) is 21.3 Å². The van der Waals surface area contributed by atoms with E-state index in [1.807, 2.05) is 48.5 Å². The van der Waals surface area contributed by atoms with Gasteiger partial charge in [0.2, 0.25) is 5.91 Å². The number of anilines is 1. The molecule has 0 aliphatic heterocycles. The smallest absolute Gasteiger partial charge is 0.224 e. The average molecular weight is 319 g/mol. The highest BCUT2D eigenvalue weighted by molar-refractivity contribution is 9.10. The van der Waals surface area contributed by atoms with E-state index in [4.69, 9.17) is 5.73 Å². The summed E-state index contributed by atoms with van der Waals surface area (Å²) in [5, 5.41) is 2.89. The molecule has 0 unspecified atom stereocenters. The number of benzene rings is 2. The van der Waals surface area contributed by atoms with E-state index in [2.05, 4.69) is 21.2 Å². The number of nitrogens with two attached hydrogens (primary N) is 1. The molecule has 3 N–H and O–H groups in total. The zero-order valence-corrected chi connectivity index (χ0v) is 12.0. The molecule has 19 heavy (non-hydrogen) atoms. The minimum atomic E-state index is 0.0131. The van der Waals surface area contributed by atoms with Gasteiger partial charge in [-0.3, -0.25) is 4.79 Å². The monoisotopic (exact) mass is 318 g/mol. The maximum Gasteiger partial charge on any atom is 0.224 e. The summed E-state index contributed by atoms with van der Waals surface area (Å²) in [6.45, 7) is 0.523. The fourth-order valence-corrected chi connectivity index (χ4v) is 1.95. The van der Waals surface area contributed by atoms with Crippen LogP contribution in [0.1, 0.15) is 11.1 Å². The van der Waals surface area contributed by atoms with Crippen LogP contribution in [-0.2, 0) is 17.8 Å². The Morgan fingerprint density at radius 3 is 2.21 bits per heavy atom. The Kier molecular flexibility index (Phi) is 4.58. The van der Waals surface area contributed by atoms with Gasteiger partial charge in [0.25, 0.3) is 0 Å². The number of hydrogen-bond acceptors (Lipinski definition) is 2. The molecule has 0 aliphatic carbocycles. The Morgan fingerprint density at radius 2 is 1.58 bits per heavy atom. The summed E-state index contributed by atoms with van der Waals surface area (Å²) in [5.74, 6) is 0.0131. The van der Waals surface area contributed by atoms with Gasteiger partial charge < -0.3 is 11.1 Å². The molecule has 2 aromatic rings. The van der Waals surface area contributed by atoms with Crippen LogP contribution in [0.4, 0.5) is 5.69 Å². The van der Waals surface area contributed by atoms with Crippen molar-refractivity contribution in [2.75, 3.05) is 5.73 Å². The first kappa shape index (κ1) is 13.6. The highest BCUT2D eigenvalue weighted by Gasteiger charge is 2.03. The molecule has 3 nitrogen and oxygen atoms in total. The number of amides is 1. The van der Waals surface area contributed by atoms with Crippen molar-refractivity contribution < 1.29 is 4.79 Å². The zero-order chi connectivity index (χ0) is 13.7. The Labute approximate surface area is 121 Å². The van der Waals surface area contributed by atoms with Gasteiger partial charge in [-0.2, -0.15) is 0 Å². The van der Waals surface area contributed by atoms with E-state index in [1.165, 1.54) is 0 Å². The SMILES string of the molecule is Nc1ccc(CNC(=O)Cc2ccc(Br)cc2)cc1. The third kappa shape index (κ3) is 4.41. The predicted octanol–water partition coefficient (Wildman–Crippen LogP) is 2.89. The van der Waals surface area contributed by atoms with Gasteiger partial charge in [0.1, 0.15) is 0 Å². The standard InChI is InChI=1S/C15H15BrN2O/c16-13-5-1-11(2-6-13)9-15(19)18-10-12-3-7-14(17)8-4-12/h1-8H,9-10,17H2,(H,18,19). The molecule has 0 saturated carbocycles. The molecule has 0 atom stereocenters. The predicted molar refractivity (Wildman–Crippen MR) is 80.5 cm³/mol. The molecule has 0 fully saturated rings. The first-order valence-electron chi connectivity index (χ1n) is 5.99. The van der Waals surface area contributed by atoms with E-state index >= 15 is 0 Å². The van der Waals surface area contributed by atoms with Gasteiger partial charge in [0.05, 0.1) is 6.42 Å². The molecule has 2 rings (SSSR count). The van der Waals surface area contributed by atoms with Crippen LogP contribution in [0.5, 0.6) is 0 Å². The number of halogens is 1. The Bertz CT molecular complexity index is 549. The Morgan fingerprint density at radius 1 is 1.00 bits per heavy atom. The van der Waals surface area contributed by atoms with Crippen LogP contribution in [0.25, 0.3) is 0 Å². The molecule has 0 bridgehead atoms. The van der Waals surface area contributed by atoms with Crippen molar-refractivity contribution in [2.24, 2.45) is 0 Å². The second kappa shape index (κ2) is 6.38. The summed E-state index contributed by atoms with van der Waals surface area (Å²) in [6, 6.07) is 15.2. The molecule has 0 heterocycles. The molecule has 0 aliphatic rings. The lowest BCUT2D eigenvalue weighted by molar-refractivity contribution is -0.120. The summed E-state index contributed by atoms with van der Waals surface area (Å²) >= 11 is 3.37. The van der Waals surface area contributed by atoms with Gasteiger partial charge >= 0.3 is 0 Å². The first-order valence-corrected chi connectivity index (χ1v) is 6.78. The summed E-state index contributed by atoms with van der Waals surface area (Å²) in [5.41, 5.74) is 8.37. The van der Waals surface area contributed by atoms with Crippen LogP contribution < -0.4 is 11.1 Å². The Hall–Kier alpha value is -1.81. The minimum Gasteiger partial charge on any atom is -0.399 e. The molecular weight excluding hydrogens is 304 g/mol. The third-order valence-electron chi connectivity index (χ3n) is 2.75. The van der Waals surface area contributed by atoms with Crippen LogP contribution in [0, 0.1) is 0 Å². The molecule has 4 heteroatoms. The quantitative estimate of drug-likeness (QED) is 0.852. The molecule has 0 radical (unpaired) electrons. The zero-order valence-electron chi connectivity index (χ0n) is 10.4. The van der Waals surface area contributed by atoms with Crippen molar-refractivity contribution in [3.8, 4) is 0 Å². The van der Waals surface area contributed by atoms with E-state index in [1.54, 1.807) is 0 Å².